The molecule has 0 saturated carbocycles. The van der Waals surface area contributed by atoms with Gasteiger partial charge in [0.2, 0.25) is 0 Å². The fourth-order valence-corrected chi connectivity index (χ4v) is 2.26. The van der Waals surface area contributed by atoms with Crippen molar-refractivity contribution >= 4 is 5.97 Å². The Morgan fingerprint density at radius 3 is 3.00 bits per heavy atom. The van der Waals surface area contributed by atoms with Gasteiger partial charge in [-0.15, -0.1) is 0 Å². The topological polar surface area (TPSA) is 77.0 Å². The normalized spacial score (nSPS) is 17.7. The van der Waals surface area contributed by atoms with Gasteiger partial charge < -0.3 is 24.6 Å². The summed E-state index contributed by atoms with van der Waals surface area (Å²) in [5, 5.41) is 12.0. The van der Waals surface area contributed by atoms with Crippen molar-refractivity contribution in [2.24, 2.45) is 0 Å². The molecule has 0 bridgehead atoms. The van der Waals surface area contributed by atoms with E-state index in [9.17, 15) is 4.79 Å². The summed E-state index contributed by atoms with van der Waals surface area (Å²) < 4.78 is 15.9. The third-order valence-electron chi connectivity index (χ3n) is 3.30. The van der Waals surface area contributed by atoms with E-state index >= 15 is 0 Å². The molecule has 1 fully saturated rings. The van der Waals surface area contributed by atoms with Crippen molar-refractivity contribution in [3.63, 3.8) is 0 Å². The number of carboxylic acid groups (broad SMARTS) is 1. The van der Waals surface area contributed by atoms with Crippen molar-refractivity contribution in [3.05, 3.63) is 23.8 Å². The molecule has 21 heavy (non-hydrogen) atoms. The summed E-state index contributed by atoms with van der Waals surface area (Å²) >= 11 is 0. The quantitative estimate of drug-likeness (QED) is 0.755. The van der Waals surface area contributed by atoms with Crippen molar-refractivity contribution in [1.29, 1.82) is 0 Å². The van der Waals surface area contributed by atoms with E-state index in [2.05, 4.69) is 5.32 Å². The Morgan fingerprint density at radius 2 is 2.33 bits per heavy atom. The molecule has 1 atom stereocenters. The first kappa shape index (κ1) is 15.6. The molecule has 1 aliphatic heterocycles. The molecule has 1 heterocycles. The van der Waals surface area contributed by atoms with Gasteiger partial charge in [-0.25, -0.2) is 4.79 Å². The molecule has 1 unspecified atom stereocenters. The Morgan fingerprint density at radius 1 is 1.48 bits per heavy atom. The Labute approximate surface area is 124 Å². The lowest BCUT2D eigenvalue weighted by atomic mass is 10.2. The predicted octanol–water partition coefficient (Wildman–Crippen LogP) is 1.43. The molecule has 0 radical (unpaired) electrons. The first-order valence-corrected chi connectivity index (χ1v) is 7.03. The molecule has 1 aliphatic rings. The van der Waals surface area contributed by atoms with Gasteiger partial charge in [-0.1, -0.05) is 6.07 Å². The lowest BCUT2D eigenvalue weighted by Gasteiger charge is -2.13. The Bertz CT molecular complexity index is 471. The molecule has 2 N–H and O–H groups in total. The molecule has 6 nitrogen and oxygen atoms in total. The van der Waals surface area contributed by atoms with Gasteiger partial charge >= 0.3 is 5.97 Å². The van der Waals surface area contributed by atoms with Crippen molar-refractivity contribution in [1.82, 2.24) is 5.32 Å². The number of carbonyl (C=O) groups is 1. The molecule has 1 aromatic carbocycles. The van der Waals surface area contributed by atoms with Crippen molar-refractivity contribution in [2.75, 3.05) is 26.9 Å². The summed E-state index contributed by atoms with van der Waals surface area (Å²) in [5.74, 6) is -0.0465. The summed E-state index contributed by atoms with van der Waals surface area (Å²) in [7, 11) is 1.53. The van der Waals surface area contributed by atoms with Crippen LogP contribution in [0.1, 0.15) is 18.4 Å². The summed E-state index contributed by atoms with van der Waals surface area (Å²) in [6.07, 6.45) is 2.55. The van der Waals surface area contributed by atoms with Crippen LogP contribution in [0.5, 0.6) is 11.5 Å². The molecule has 1 saturated heterocycles. The minimum absolute atomic E-state index is 0.310. The summed E-state index contributed by atoms with van der Waals surface area (Å²) in [6, 6.07) is 5.47. The number of carboxylic acids is 1. The zero-order chi connectivity index (χ0) is 15.1. The van der Waals surface area contributed by atoms with Crippen LogP contribution in [-0.4, -0.2) is 44.0 Å². The highest BCUT2D eigenvalue weighted by Crippen LogP contribution is 2.28. The van der Waals surface area contributed by atoms with Gasteiger partial charge in [0.15, 0.2) is 18.1 Å². The second-order valence-corrected chi connectivity index (χ2v) is 4.93. The van der Waals surface area contributed by atoms with Crippen LogP contribution in [0.25, 0.3) is 0 Å². The third-order valence-corrected chi connectivity index (χ3v) is 3.30. The van der Waals surface area contributed by atoms with Gasteiger partial charge in [0.25, 0.3) is 0 Å². The monoisotopic (exact) mass is 295 g/mol. The zero-order valence-corrected chi connectivity index (χ0v) is 12.1. The highest BCUT2D eigenvalue weighted by atomic mass is 16.5. The average Bonchev–Trinajstić information content (AvgIpc) is 2.98. The maximum atomic E-state index is 10.5. The standard InChI is InChI=1S/C15H21NO5/c1-19-14-7-11(4-5-13(14)21-10-15(17)18)8-16-9-12-3-2-6-20-12/h4-5,7,12,16H,2-3,6,8-10H2,1H3,(H,17,18). The van der Waals surface area contributed by atoms with E-state index in [1.54, 1.807) is 6.07 Å². The molecule has 0 amide bonds. The third kappa shape index (κ3) is 4.91. The van der Waals surface area contributed by atoms with Gasteiger partial charge in [-0.3, -0.25) is 0 Å². The number of hydrogen-bond donors (Lipinski definition) is 2. The van der Waals surface area contributed by atoms with Crippen LogP contribution in [0.3, 0.4) is 0 Å². The highest BCUT2D eigenvalue weighted by molar-refractivity contribution is 5.68. The van der Waals surface area contributed by atoms with Crippen LogP contribution >= 0.6 is 0 Å². The minimum atomic E-state index is -1.01. The number of aliphatic carboxylic acids is 1. The molecular weight excluding hydrogens is 274 g/mol. The second-order valence-electron chi connectivity index (χ2n) is 4.93. The SMILES string of the molecule is COc1cc(CNCC2CCCO2)ccc1OCC(=O)O. The van der Waals surface area contributed by atoms with Gasteiger partial charge in [-0.2, -0.15) is 0 Å². The molecule has 2 rings (SSSR count). The zero-order valence-electron chi connectivity index (χ0n) is 12.1. The molecule has 0 aromatic heterocycles. The van der Waals surface area contributed by atoms with Crippen molar-refractivity contribution in [2.45, 2.75) is 25.5 Å². The van der Waals surface area contributed by atoms with Crippen LogP contribution < -0.4 is 14.8 Å². The van der Waals surface area contributed by atoms with Crippen LogP contribution in [0.2, 0.25) is 0 Å². The van der Waals surface area contributed by atoms with Gasteiger partial charge in [0.05, 0.1) is 13.2 Å². The molecule has 1 aromatic rings. The lowest BCUT2D eigenvalue weighted by Crippen LogP contribution is -2.25. The summed E-state index contributed by atoms with van der Waals surface area (Å²) in [4.78, 5) is 10.5. The number of benzene rings is 1. The number of hydrogen-bond acceptors (Lipinski definition) is 5. The van der Waals surface area contributed by atoms with E-state index in [4.69, 9.17) is 19.3 Å². The predicted molar refractivity (Wildman–Crippen MR) is 76.8 cm³/mol. The van der Waals surface area contributed by atoms with E-state index in [0.29, 0.717) is 24.1 Å². The van der Waals surface area contributed by atoms with Gasteiger partial charge in [-0.05, 0) is 30.5 Å². The number of nitrogens with one attached hydrogen (secondary N) is 1. The average molecular weight is 295 g/mol. The van der Waals surface area contributed by atoms with Gasteiger partial charge in [0, 0.05) is 19.7 Å². The first-order valence-electron chi connectivity index (χ1n) is 7.03. The van der Waals surface area contributed by atoms with Crippen LogP contribution in [0.15, 0.2) is 18.2 Å². The summed E-state index contributed by atoms with van der Waals surface area (Å²) in [5.41, 5.74) is 1.05. The molecular formula is C15H21NO5. The molecule has 0 spiro atoms. The lowest BCUT2D eigenvalue weighted by molar-refractivity contribution is -0.139. The first-order chi connectivity index (χ1) is 10.2. The Kier molecular flexibility index (Phi) is 5.83. The van der Waals surface area contributed by atoms with E-state index < -0.39 is 5.97 Å². The number of rotatable bonds is 8. The van der Waals surface area contributed by atoms with Crippen LogP contribution in [0.4, 0.5) is 0 Å². The fraction of sp³-hybridized carbons (Fsp3) is 0.533. The van der Waals surface area contributed by atoms with E-state index in [1.165, 1.54) is 7.11 Å². The maximum Gasteiger partial charge on any atom is 0.341 e. The van der Waals surface area contributed by atoms with E-state index in [0.717, 1.165) is 31.6 Å². The van der Waals surface area contributed by atoms with Crippen molar-refractivity contribution < 1.29 is 24.1 Å². The van der Waals surface area contributed by atoms with Gasteiger partial charge in [0.1, 0.15) is 0 Å². The second kappa shape index (κ2) is 7.85. The van der Waals surface area contributed by atoms with Crippen LogP contribution in [-0.2, 0) is 16.1 Å². The number of methoxy groups -OCH3 is 1. The van der Waals surface area contributed by atoms with Crippen molar-refractivity contribution in [3.8, 4) is 11.5 Å². The molecule has 0 aliphatic carbocycles. The number of ether oxygens (including phenoxy) is 3. The Hall–Kier alpha value is -1.79. The molecule has 116 valence electrons. The smallest absolute Gasteiger partial charge is 0.341 e. The largest absolute Gasteiger partial charge is 0.493 e. The fourth-order valence-electron chi connectivity index (χ4n) is 2.26. The van der Waals surface area contributed by atoms with E-state index in [1.807, 2.05) is 12.1 Å². The minimum Gasteiger partial charge on any atom is -0.493 e. The molecule has 6 heteroatoms. The van der Waals surface area contributed by atoms with E-state index in [-0.39, 0.29) is 6.61 Å². The van der Waals surface area contributed by atoms with Crippen LogP contribution in [0, 0.1) is 0 Å². The maximum absolute atomic E-state index is 10.5. The Balaban J connectivity index is 1.86. The highest BCUT2D eigenvalue weighted by Gasteiger charge is 2.14. The summed E-state index contributed by atoms with van der Waals surface area (Å²) in [6.45, 7) is 2.01.